The zero-order valence-electron chi connectivity index (χ0n) is 35.6. The number of aromatic nitrogens is 4. The number of hydrogen-bond donors (Lipinski definition) is 3. The van der Waals surface area contributed by atoms with Crippen molar-refractivity contribution in [1.29, 1.82) is 0 Å². The van der Waals surface area contributed by atoms with Crippen LogP contribution in [-0.4, -0.2) is 91.6 Å². The van der Waals surface area contributed by atoms with Crippen molar-refractivity contribution in [2.75, 3.05) is 57.3 Å². The minimum absolute atomic E-state index is 0.0117. The molecule has 2 unspecified atom stereocenters. The summed E-state index contributed by atoms with van der Waals surface area (Å²) >= 11 is 14.4. The average Bonchev–Trinajstić information content (AvgIpc) is 4.00. The van der Waals surface area contributed by atoms with Crippen molar-refractivity contribution >= 4 is 72.8 Å². The zero-order chi connectivity index (χ0) is 44.4. The number of pyridine rings is 2. The van der Waals surface area contributed by atoms with E-state index in [1.165, 1.54) is 22.8 Å². The molecule has 6 aromatic rings. The minimum atomic E-state index is -4.43. The molecule has 2 saturated heterocycles. The number of halogens is 2. The number of hydrogen-bond acceptors (Lipinski definition) is 12. The molecule has 3 aliphatic rings. The molecule has 2 atom stereocenters. The number of piperazine rings is 1. The van der Waals surface area contributed by atoms with E-state index >= 15 is 0 Å². The highest BCUT2D eigenvalue weighted by atomic mass is 35.5. The molecule has 334 valence electrons. The average molecular weight is 942 g/mol. The van der Waals surface area contributed by atoms with Gasteiger partial charge in [0.05, 0.1) is 29.6 Å². The van der Waals surface area contributed by atoms with Crippen LogP contribution in [-0.2, 0) is 10.0 Å². The van der Waals surface area contributed by atoms with Gasteiger partial charge in [0.25, 0.3) is 15.9 Å². The molecule has 13 nitrogen and oxygen atoms in total. The largest absolute Gasteiger partial charge is 0.476 e. The second kappa shape index (κ2) is 18.8. The lowest BCUT2D eigenvalue weighted by molar-refractivity contribution is 0.0979. The Morgan fingerprint density at radius 2 is 1.83 bits per heavy atom. The van der Waals surface area contributed by atoms with Gasteiger partial charge in [-0.05, 0) is 91.2 Å². The maximum atomic E-state index is 14.0. The molecule has 3 N–H and O–H groups in total. The van der Waals surface area contributed by atoms with E-state index in [-0.39, 0.29) is 44.4 Å². The summed E-state index contributed by atoms with van der Waals surface area (Å²) in [5, 5.41) is 7.99. The summed E-state index contributed by atoms with van der Waals surface area (Å²) in [5.41, 5.74) is 5.95. The number of ether oxygens (including phenoxy) is 2. The number of anilines is 1. The number of allylic oxidation sites excluding steroid dienone is 1. The van der Waals surface area contributed by atoms with Gasteiger partial charge in [-0.25, -0.2) is 28.1 Å². The maximum absolute atomic E-state index is 14.0. The second-order valence-electron chi connectivity index (χ2n) is 17.5. The summed E-state index contributed by atoms with van der Waals surface area (Å²) in [4.78, 5) is 34.7. The number of amides is 1. The van der Waals surface area contributed by atoms with Crippen molar-refractivity contribution in [1.82, 2.24) is 34.9 Å². The topological polar surface area (TPSA) is 155 Å². The second-order valence-corrected chi connectivity index (χ2v) is 20.9. The number of H-pyrrole nitrogens is 1. The van der Waals surface area contributed by atoms with Gasteiger partial charge in [0, 0.05) is 91.0 Å². The van der Waals surface area contributed by atoms with E-state index in [0.29, 0.717) is 18.0 Å². The first-order chi connectivity index (χ1) is 30.9. The molecule has 6 heterocycles. The highest BCUT2D eigenvalue weighted by Crippen LogP contribution is 2.44. The Hall–Kier alpha value is -5.03. The highest BCUT2D eigenvalue weighted by Gasteiger charge is 2.32. The van der Waals surface area contributed by atoms with Gasteiger partial charge >= 0.3 is 0 Å². The third-order valence-corrected chi connectivity index (χ3v) is 15.2. The van der Waals surface area contributed by atoms with E-state index in [0.717, 1.165) is 98.8 Å². The normalized spacial score (nSPS) is 19.5. The van der Waals surface area contributed by atoms with Crippen LogP contribution in [0.5, 0.6) is 17.4 Å². The van der Waals surface area contributed by atoms with Gasteiger partial charge in [-0.15, -0.1) is 11.3 Å². The molecule has 2 aliphatic heterocycles. The summed E-state index contributed by atoms with van der Waals surface area (Å²) in [7, 11) is -4.43. The molecule has 2 aromatic carbocycles. The number of carbonyl (C=O) groups excluding carboxylic acids is 1. The van der Waals surface area contributed by atoms with E-state index in [9.17, 15) is 13.2 Å². The first-order valence-electron chi connectivity index (χ1n) is 21.5. The number of benzene rings is 2. The van der Waals surface area contributed by atoms with Gasteiger partial charge in [-0.3, -0.25) is 9.69 Å². The number of nitrogens with zero attached hydrogens (tertiary/aromatic N) is 5. The minimum Gasteiger partial charge on any atom is -0.476 e. The number of aromatic amines is 1. The molecule has 1 aliphatic carbocycles. The standard InChI is InChI=1S/C47H50Cl2N8O5S2/c1-47(2)12-9-32(39(24-47)30-3-5-34(48)6-4-30)28-56-16-18-57(19-17-56)35-7-8-38(42(22-35)62-36-21-31-11-14-51-43(31)53-25-36)44(58)55-64(59,60)37-23-41(49)45(54-26-37)61-29-33-10-13-50-27-40(33)46-52-15-20-63-46/h3-8,11,14-15,20-23,25-26,33,40,50H,9-10,12-13,16-19,24,27-29H2,1-2H3,(H,51,53)(H,55,58). The summed E-state index contributed by atoms with van der Waals surface area (Å²) in [6.07, 6.45) is 10.4. The predicted octanol–water partition coefficient (Wildman–Crippen LogP) is 9.19. The number of nitrogens with one attached hydrogen (secondary N) is 3. The van der Waals surface area contributed by atoms with E-state index in [1.807, 2.05) is 35.7 Å². The number of sulfonamides is 1. The maximum Gasteiger partial charge on any atom is 0.268 e. The summed E-state index contributed by atoms with van der Waals surface area (Å²) in [6, 6.07) is 18.4. The first-order valence-corrected chi connectivity index (χ1v) is 24.6. The Morgan fingerprint density at radius 1 is 1.00 bits per heavy atom. The molecule has 0 saturated carbocycles. The van der Waals surface area contributed by atoms with Crippen molar-refractivity contribution in [3.05, 3.63) is 123 Å². The van der Waals surface area contributed by atoms with E-state index < -0.39 is 15.9 Å². The molecule has 0 spiro atoms. The smallest absolute Gasteiger partial charge is 0.268 e. The fourth-order valence-electron chi connectivity index (χ4n) is 8.88. The quantitative estimate of drug-likeness (QED) is 0.102. The predicted molar refractivity (Wildman–Crippen MR) is 252 cm³/mol. The van der Waals surface area contributed by atoms with Crippen LogP contribution in [0.2, 0.25) is 10.0 Å². The molecule has 9 rings (SSSR count). The van der Waals surface area contributed by atoms with Crippen LogP contribution in [0.25, 0.3) is 16.6 Å². The van der Waals surface area contributed by atoms with Gasteiger partial charge in [0.1, 0.15) is 27.1 Å². The van der Waals surface area contributed by atoms with Crippen LogP contribution >= 0.6 is 34.5 Å². The fourth-order valence-corrected chi connectivity index (χ4v) is 11.1. The van der Waals surface area contributed by atoms with Gasteiger partial charge in [-0.1, -0.05) is 54.8 Å². The molecule has 64 heavy (non-hydrogen) atoms. The van der Waals surface area contributed by atoms with Crippen LogP contribution in [0.1, 0.15) is 66.4 Å². The van der Waals surface area contributed by atoms with Crippen LogP contribution in [0, 0.1) is 11.3 Å². The van der Waals surface area contributed by atoms with Crippen LogP contribution in [0.4, 0.5) is 5.69 Å². The Labute approximate surface area is 387 Å². The Morgan fingerprint density at radius 3 is 2.61 bits per heavy atom. The number of fused-ring (bicyclic) bond motifs is 1. The zero-order valence-corrected chi connectivity index (χ0v) is 38.8. The molecule has 0 bridgehead atoms. The van der Waals surface area contributed by atoms with Crippen molar-refractivity contribution in [3.63, 3.8) is 0 Å². The van der Waals surface area contributed by atoms with E-state index in [1.54, 1.807) is 42.1 Å². The molecule has 4 aromatic heterocycles. The van der Waals surface area contributed by atoms with Crippen LogP contribution in [0.3, 0.4) is 0 Å². The monoisotopic (exact) mass is 940 g/mol. The summed E-state index contributed by atoms with van der Waals surface area (Å²) < 4.78 is 42.0. The van der Waals surface area contributed by atoms with Crippen molar-refractivity contribution in [2.45, 2.75) is 50.3 Å². The molecule has 2 fully saturated rings. The van der Waals surface area contributed by atoms with Crippen molar-refractivity contribution in [2.24, 2.45) is 11.3 Å². The molecular formula is C47H50Cl2N8O5S2. The number of rotatable bonds is 13. The molecular weight excluding hydrogens is 892 g/mol. The summed E-state index contributed by atoms with van der Waals surface area (Å²) in [5.74, 6) is 0.162. The lowest BCUT2D eigenvalue weighted by Crippen LogP contribution is -2.47. The van der Waals surface area contributed by atoms with Crippen LogP contribution in [0.15, 0.2) is 101 Å². The molecule has 1 amide bonds. The lowest BCUT2D eigenvalue weighted by Gasteiger charge is -2.39. The van der Waals surface area contributed by atoms with Gasteiger partial charge in [-0.2, -0.15) is 0 Å². The highest BCUT2D eigenvalue weighted by molar-refractivity contribution is 7.90. The Bertz CT molecular complexity index is 2770. The fraction of sp³-hybridized carbons (Fsp3) is 0.362. The third-order valence-electron chi connectivity index (χ3n) is 12.5. The number of thiazole rings is 1. The number of piperidine rings is 1. The SMILES string of the molecule is CC1(C)CCC(CN2CCN(c3ccc(C(=O)NS(=O)(=O)c4cnc(OCC5CCNCC5c5nccs5)c(Cl)c4)c(Oc4cnc5[nH]ccc5c4)c3)CC2)=C(c2ccc(Cl)cc2)C1. The van der Waals surface area contributed by atoms with Crippen molar-refractivity contribution in [3.8, 4) is 17.4 Å². The van der Waals surface area contributed by atoms with Crippen LogP contribution < -0.4 is 24.4 Å². The molecule has 0 radical (unpaired) electrons. The van der Waals surface area contributed by atoms with E-state index in [4.69, 9.17) is 32.7 Å². The van der Waals surface area contributed by atoms with Gasteiger partial charge in [0.2, 0.25) is 5.88 Å². The molecule has 17 heteroatoms. The Balaban J connectivity index is 0.901. The van der Waals surface area contributed by atoms with Gasteiger partial charge < -0.3 is 24.7 Å². The van der Waals surface area contributed by atoms with Crippen molar-refractivity contribution < 1.29 is 22.7 Å². The summed E-state index contributed by atoms with van der Waals surface area (Å²) in [6.45, 7) is 10.8. The van der Waals surface area contributed by atoms with Gasteiger partial charge in [0.15, 0.2) is 0 Å². The lowest BCUT2D eigenvalue weighted by atomic mass is 9.72. The number of carbonyl (C=O) groups is 1. The first kappa shape index (κ1) is 44.2. The van der Waals surface area contributed by atoms with E-state index in [2.05, 4.69) is 65.8 Å². The third kappa shape index (κ3) is 10.1. The Kier molecular flexibility index (Phi) is 13.0.